The van der Waals surface area contributed by atoms with E-state index in [1.54, 1.807) is 0 Å². The Hall–Kier alpha value is -1.88. The fraction of sp³-hybridized carbons (Fsp3) is 0.214. The fourth-order valence-electron chi connectivity index (χ4n) is 1.95. The number of H-pyrrole nitrogens is 1. The second-order valence-electron chi connectivity index (χ2n) is 4.31. The molecule has 4 nitrogen and oxygen atoms in total. The SMILES string of the molecule is CCCSc1ccc2[nH]c(C3=NC(=O)C=N3)cc2c1. The van der Waals surface area contributed by atoms with Gasteiger partial charge in [0.15, 0.2) is 5.84 Å². The first-order chi connectivity index (χ1) is 9.26. The monoisotopic (exact) mass is 271 g/mol. The van der Waals surface area contributed by atoms with E-state index < -0.39 is 0 Å². The molecule has 1 N–H and O–H groups in total. The second-order valence-corrected chi connectivity index (χ2v) is 5.48. The van der Waals surface area contributed by atoms with E-state index in [9.17, 15) is 4.79 Å². The number of hydrogen-bond donors (Lipinski definition) is 1. The van der Waals surface area contributed by atoms with Gasteiger partial charge in [-0.3, -0.25) is 4.79 Å². The number of nitrogens with zero attached hydrogens (tertiary/aromatic N) is 2. The summed E-state index contributed by atoms with van der Waals surface area (Å²) in [5.74, 6) is 1.28. The fourth-order valence-corrected chi connectivity index (χ4v) is 2.76. The van der Waals surface area contributed by atoms with Crippen LogP contribution in [0, 0.1) is 0 Å². The number of aromatic nitrogens is 1. The van der Waals surface area contributed by atoms with Crippen LogP contribution in [0.25, 0.3) is 10.9 Å². The lowest BCUT2D eigenvalue weighted by Gasteiger charge is -1.99. The lowest BCUT2D eigenvalue weighted by molar-refractivity contribution is -0.111. The number of fused-ring (bicyclic) bond motifs is 1. The van der Waals surface area contributed by atoms with Crippen LogP contribution in [-0.2, 0) is 4.79 Å². The first kappa shape index (κ1) is 12.2. The maximum absolute atomic E-state index is 11.1. The van der Waals surface area contributed by atoms with Gasteiger partial charge in [-0.1, -0.05) is 6.92 Å². The van der Waals surface area contributed by atoms with Gasteiger partial charge < -0.3 is 4.98 Å². The first-order valence-corrected chi connectivity index (χ1v) is 7.17. The van der Waals surface area contributed by atoms with Crippen LogP contribution in [0.5, 0.6) is 0 Å². The van der Waals surface area contributed by atoms with Gasteiger partial charge in [-0.05, 0) is 36.4 Å². The molecule has 1 amide bonds. The molecule has 2 aromatic rings. The minimum Gasteiger partial charge on any atom is -0.352 e. The van der Waals surface area contributed by atoms with Crippen LogP contribution >= 0.6 is 11.8 Å². The minimum absolute atomic E-state index is 0.298. The molecule has 0 atom stereocenters. The van der Waals surface area contributed by atoms with Crippen LogP contribution in [0.3, 0.4) is 0 Å². The number of aliphatic imine (C=N–C) groups is 2. The summed E-state index contributed by atoms with van der Waals surface area (Å²) in [5, 5.41) is 1.12. The van der Waals surface area contributed by atoms with Gasteiger partial charge in [-0.25, -0.2) is 4.99 Å². The number of thioether (sulfide) groups is 1. The van der Waals surface area contributed by atoms with Crippen molar-refractivity contribution >= 4 is 40.6 Å². The molecule has 19 heavy (non-hydrogen) atoms. The Balaban J connectivity index is 1.95. The van der Waals surface area contributed by atoms with Gasteiger partial charge in [0.25, 0.3) is 5.91 Å². The van der Waals surface area contributed by atoms with Gasteiger partial charge in [-0.2, -0.15) is 4.99 Å². The standard InChI is InChI=1S/C14H13N3OS/c1-2-5-19-10-3-4-11-9(6-10)7-12(16-11)14-15-8-13(18)17-14/h3-4,6-8,16H,2,5H2,1H3. The number of carbonyl (C=O) groups excluding carboxylic acids is 1. The van der Waals surface area contributed by atoms with Crippen molar-refractivity contribution < 1.29 is 4.79 Å². The molecular formula is C14H13N3OS. The molecule has 1 aliphatic rings. The maximum atomic E-state index is 11.1. The summed E-state index contributed by atoms with van der Waals surface area (Å²) < 4.78 is 0. The zero-order valence-electron chi connectivity index (χ0n) is 10.5. The summed E-state index contributed by atoms with van der Waals surface area (Å²) in [6.45, 7) is 2.17. The molecule has 0 unspecified atom stereocenters. The van der Waals surface area contributed by atoms with Crippen molar-refractivity contribution in [1.82, 2.24) is 4.98 Å². The van der Waals surface area contributed by atoms with E-state index in [2.05, 4.69) is 40.1 Å². The molecule has 1 aromatic carbocycles. The molecule has 0 bridgehead atoms. The Morgan fingerprint density at radius 3 is 2.95 bits per heavy atom. The second kappa shape index (κ2) is 5.01. The molecule has 1 aromatic heterocycles. The van der Waals surface area contributed by atoms with Crippen molar-refractivity contribution in [3.63, 3.8) is 0 Å². The van der Waals surface area contributed by atoms with Crippen LogP contribution in [0.4, 0.5) is 0 Å². The van der Waals surface area contributed by atoms with Crippen molar-refractivity contribution in [2.24, 2.45) is 9.98 Å². The van der Waals surface area contributed by atoms with Gasteiger partial charge in [0.2, 0.25) is 0 Å². The van der Waals surface area contributed by atoms with Gasteiger partial charge in [-0.15, -0.1) is 11.8 Å². The summed E-state index contributed by atoms with van der Waals surface area (Å²) in [7, 11) is 0. The molecule has 2 heterocycles. The van der Waals surface area contributed by atoms with E-state index in [0.717, 1.165) is 28.8 Å². The van der Waals surface area contributed by atoms with E-state index in [-0.39, 0.29) is 5.91 Å². The Bertz CT molecular complexity index is 700. The summed E-state index contributed by atoms with van der Waals surface area (Å²) in [6, 6.07) is 8.29. The van der Waals surface area contributed by atoms with E-state index in [4.69, 9.17) is 0 Å². The summed E-state index contributed by atoms with van der Waals surface area (Å²) >= 11 is 1.85. The van der Waals surface area contributed by atoms with Crippen molar-refractivity contribution in [1.29, 1.82) is 0 Å². The minimum atomic E-state index is -0.298. The molecule has 0 saturated carbocycles. The summed E-state index contributed by atoms with van der Waals surface area (Å²) in [4.78, 5) is 23.4. The van der Waals surface area contributed by atoms with Crippen LogP contribution in [0.2, 0.25) is 0 Å². The molecular weight excluding hydrogens is 258 g/mol. The van der Waals surface area contributed by atoms with Crippen molar-refractivity contribution in [2.75, 3.05) is 5.75 Å². The maximum Gasteiger partial charge on any atom is 0.290 e. The average molecular weight is 271 g/mol. The quantitative estimate of drug-likeness (QED) is 0.869. The molecule has 96 valence electrons. The average Bonchev–Trinajstić information content (AvgIpc) is 3.01. The summed E-state index contributed by atoms with van der Waals surface area (Å²) in [6.07, 6.45) is 2.40. The van der Waals surface area contributed by atoms with Crippen molar-refractivity contribution in [3.05, 3.63) is 30.0 Å². The highest BCUT2D eigenvalue weighted by molar-refractivity contribution is 7.99. The third kappa shape index (κ3) is 2.46. The number of amidine groups is 1. The number of hydrogen-bond acceptors (Lipinski definition) is 3. The number of carbonyl (C=O) groups is 1. The van der Waals surface area contributed by atoms with Gasteiger partial charge >= 0.3 is 0 Å². The topological polar surface area (TPSA) is 57.6 Å². The Labute approximate surface area is 115 Å². The zero-order valence-corrected chi connectivity index (χ0v) is 11.3. The van der Waals surface area contributed by atoms with E-state index in [0.29, 0.717) is 5.84 Å². The van der Waals surface area contributed by atoms with Gasteiger partial charge in [0.1, 0.15) is 0 Å². The number of benzene rings is 1. The third-order valence-corrected chi connectivity index (χ3v) is 4.02. The lowest BCUT2D eigenvalue weighted by Crippen LogP contribution is -1.93. The third-order valence-electron chi connectivity index (χ3n) is 2.82. The highest BCUT2D eigenvalue weighted by Gasteiger charge is 2.13. The van der Waals surface area contributed by atoms with Crippen LogP contribution in [-0.4, -0.2) is 28.7 Å². The molecule has 0 spiro atoms. The molecule has 0 radical (unpaired) electrons. The molecule has 0 fully saturated rings. The number of aromatic amines is 1. The number of rotatable bonds is 4. The molecule has 1 aliphatic heterocycles. The zero-order chi connectivity index (χ0) is 13.2. The molecule has 3 rings (SSSR count). The highest BCUT2D eigenvalue weighted by atomic mass is 32.2. The number of nitrogens with one attached hydrogen (secondary N) is 1. The number of amides is 1. The summed E-state index contributed by atoms with van der Waals surface area (Å²) in [5.41, 5.74) is 1.82. The highest BCUT2D eigenvalue weighted by Crippen LogP contribution is 2.25. The largest absolute Gasteiger partial charge is 0.352 e. The van der Waals surface area contributed by atoms with Crippen LogP contribution in [0.15, 0.2) is 39.1 Å². The van der Waals surface area contributed by atoms with E-state index in [1.165, 1.54) is 11.1 Å². The first-order valence-electron chi connectivity index (χ1n) is 6.19. The van der Waals surface area contributed by atoms with E-state index in [1.807, 2.05) is 17.8 Å². The van der Waals surface area contributed by atoms with Gasteiger partial charge in [0.05, 0.1) is 11.9 Å². The van der Waals surface area contributed by atoms with Crippen LogP contribution < -0.4 is 0 Å². The lowest BCUT2D eigenvalue weighted by atomic mass is 10.2. The van der Waals surface area contributed by atoms with Crippen molar-refractivity contribution in [3.8, 4) is 0 Å². The Morgan fingerprint density at radius 2 is 2.21 bits per heavy atom. The predicted octanol–water partition coefficient (Wildman–Crippen LogP) is 3.03. The smallest absolute Gasteiger partial charge is 0.290 e. The van der Waals surface area contributed by atoms with E-state index >= 15 is 0 Å². The molecule has 5 heteroatoms. The predicted molar refractivity (Wildman–Crippen MR) is 79.3 cm³/mol. The van der Waals surface area contributed by atoms with Crippen LogP contribution in [0.1, 0.15) is 19.0 Å². The van der Waals surface area contributed by atoms with Gasteiger partial charge in [0, 0.05) is 15.8 Å². The normalized spacial score (nSPS) is 14.4. The molecule has 0 aliphatic carbocycles. The Kier molecular flexibility index (Phi) is 3.21. The Morgan fingerprint density at radius 1 is 1.32 bits per heavy atom. The van der Waals surface area contributed by atoms with Crippen molar-refractivity contribution in [2.45, 2.75) is 18.2 Å². The molecule has 0 saturated heterocycles.